The van der Waals surface area contributed by atoms with Crippen molar-refractivity contribution in [1.29, 1.82) is 0 Å². The average Bonchev–Trinajstić information content (AvgIpc) is 3.06. The summed E-state index contributed by atoms with van der Waals surface area (Å²) in [6.07, 6.45) is 6.98. The highest BCUT2D eigenvalue weighted by atomic mass is 15.1. The molecule has 1 unspecified atom stereocenters. The third-order valence-electron chi connectivity index (χ3n) is 4.72. The van der Waals surface area contributed by atoms with E-state index in [1.807, 2.05) is 0 Å². The molecule has 0 bridgehead atoms. The van der Waals surface area contributed by atoms with Gasteiger partial charge in [0.1, 0.15) is 0 Å². The van der Waals surface area contributed by atoms with Gasteiger partial charge in [0.05, 0.1) is 0 Å². The number of fused-ring (bicyclic) bond motifs is 1. The minimum atomic E-state index is 0.713. The highest BCUT2D eigenvalue weighted by Crippen LogP contribution is 2.33. The van der Waals surface area contributed by atoms with Crippen molar-refractivity contribution in [2.24, 2.45) is 0 Å². The molecule has 18 heavy (non-hydrogen) atoms. The molecule has 1 aromatic carbocycles. The van der Waals surface area contributed by atoms with Crippen molar-refractivity contribution in [3.63, 3.8) is 0 Å². The zero-order valence-corrected chi connectivity index (χ0v) is 11.4. The summed E-state index contributed by atoms with van der Waals surface area (Å²) in [7, 11) is 2.31. The van der Waals surface area contributed by atoms with E-state index in [1.54, 1.807) is 0 Å². The lowest BCUT2D eigenvalue weighted by Crippen LogP contribution is -2.31. The number of nitrogens with one attached hydrogen (secondary N) is 1. The van der Waals surface area contributed by atoms with Gasteiger partial charge in [0, 0.05) is 24.2 Å². The lowest BCUT2D eigenvalue weighted by molar-refractivity contribution is 0.238. The van der Waals surface area contributed by atoms with Crippen molar-refractivity contribution < 1.29 is 0 Å². The Morgan fingerprint density at radius 3 is 2.83 bits per heavy atom. The van der Waals surface area contributed by atoms with Crippen molar-refractivity contribution in [2.45, 2.75) is 44.1 Å². The smallest absolute Gasteiger partial charge is 0.0376 e. The molecule has 0 radical (unpaired) electrons. The quantitative estimate of drug-likeness (QED) is 0.872. The highest BCUT2D eigenvalue weighted by molar-refractivity contribution is 5.57. The largest absolute Gasteiger partial charge is 0.384 e. The molecule has 0 spiro atoms. The van der Waals surface area contributed by atoms with Crippen LogP contribution < -0.4 is 5.32 Å². The van der Waals surface area contributed by atoms with Crippen molar-refractivity contribution in [3.05, 3.63) is 29.8 Å². The monoisotopic (exact) mass is 244 g/mol. The summed E-state index contributed by atoms with van der Waals surface area (Å²) in [5.74, 6) is 0.713. The zero-order chi connectivity index (χ0) is 12.4. The second-order valence-corrected chi connectivity index (χ2v) is 5.87. The predicted octanol–water partition coefficient (Wildman–Crippen LogP) is 3.46. The SMILES string of the molecule is CN(CCC1CNc2ccccc21)C1CCCC1. The molecule has 98 valence electrons. The van der Waals surface area contributed by atoms with Gasteiger partial charge in [-0.05, 0) is 44.5 Å². The van der Waals surface area contributed by atoms with Gasteiger partial charge in [-0.2, -0.15) is 0 Å². The summed E-state index contributed by atoms with van der Waals surface area (Å²) < 4.78 is 0. The normalized spacial score (nSPS) is 23.3. The zero-order valence-electron chi connectivity index (χ0n) is 11.4. The van der Waals surface area contributed by atoms with Crippen LogP contribution in [0.15, 0.2) is 24.3 Å². The topological polar surface area (TPSA) is 15.3 Å². The number of para-hydroxylation sites is 1. The molecule has 0 aromatic heterocycles. The van der Waals surface area contributed by atoms with E-state index in [1.165, 1.54) is 49.9 Å². The van der Waals surface area contributed by atoms with Crippen molar-refractivity contribution in [2.75, 3.05) is 25.5 Å². The molecule has 1 atom stereocenters. The van der Waals surface area contributed by atoms with E-state index in [0.717, 1.165) is 12.6 Å². The number of anilines is 1. The Morgan fingerprint density at radius 1 is 1.22 bits per heavy atom. The molecule has 1 N–H and O–H groups in total. The van der Waals surface area contributed by atoms with Crippen LogP contribution in [0.5, 0.6) is 0 Å². The number of benzene rings is 1. The van der Waals surface area contributed by atoms with Crippen LogP contribution in [-0.2, 0) is 0 Å². The minimum absolute atomic E-state index is 0.713. The van der Waals surface area contributed by atoms with Gasteiger partial charge in [-0.3, -0.25) is 0 Å². The van der Waals surface area contributed by atoms with Crippen LogP contribution in [0.3, 0.4) is 0 Å². The summed E-state index contributed by atoms with van der Waals surface area (Å²) in [5, 5.41) is 3.52. The first-order chi connectivity index (χ1) is 8.84. The fraction of sp³-hybridized carbons (Fsp3) is 0.625. The third kappa shape index (κ3) is 2.39. The van der Waals surface area contributed by atoms with Crippen molar-refractivity contribution in [3.8, 4) is 0 Å². The van der Waals surface area contributed by atoms with E-state index in [2.05, 4.69) is 41.5 Å². The van der Waals surface area contributed by atoms with Crippen LogP contribution in [0, 0.1) is 0 Å². The first-order valence-electron chi connectivity index (χ1n) is 7.37. The van der Waals surface area contributed by atoms with Crippen molar-refractivity contribution in [1.82, 2.24) is 4.90 Å². The number of nitrogens with zero attached hydrogens (tertiary/aromatic N) is 1. The standard InChI is InChI=1S/C16H24N2/c1-18(14-6-2-3-7-14)11-10-13-12-17-16-9-5-4-8-15(13)16/h4-5,8-9,13-14,17H,2-3,6-7,10-12H2,1H3. The Labute approximate surface area is 110 Å². The van der Waals surface area contributed by atoms with Crippen LogP contribution >= 0.6 is 0 Å². The van der Waals surface area contributed by atoms with Crippen LogP contribution in [0.4, 0.5) is 5.69 Å². The number of hydrogen-bond donors (Lipinski definition) is 1. The second-order valence-electron chi connectivity index (χ2n) is 5.87. The molecule has 3 rings (SSSR count). The molecule has 1 aliphatic heterocycles. The number of hydrogen-bond acceptors (Lipinski definition) is 2. The Kier molecular flexibility index (Phi) is 3.55. The van der Waals surface area contributed by atoms with Crippen LogP contribution in [-0.4, -0.2) is 31.1 Å². The van der Waals surface area contributed by atoms with Gasteiger partial charge >= 0.3 is 0 Å². The lowest BCUT2D eigenvalue weighted by atomic mass is 9.97. The van der Waals surface area contributed by atoms with Crippen LogP contribution in [0.25, 0.3) is 0 Å². The van der Waals surface area contributed by atoms with Crippen molar-refractivity contribution >= 4 is 5.69 Å². The fourth-order valence-electron chi connectivity index (χ4n) is 3.50. The molecule has 2 aliphatic rings. The molecule has 1 aliphatic carbocycles. The first-order valence-corrected chi connectivity index (χ1v) is 7.37. The summed E-state index contributed by atoms with van der Waals surface area (Å²) in [6.45, 7) is 2.36. The summed E-state index contributed by atoms with van der Waals surface area (Å²) in [4.78, 5) is 2.59. The Morgan fingerprint density at radius 2 is 2.00 bits per heavy atom. The molecule has 1 saturated carbocycles. The predicted molar refractivity (Wildman–Crippen MR) is 77.2 cm³/mol. The molecule has 0 amide bonds. The molecule has 1 aromatic rings. The van der Waals surface area contributed by atoms with Crippen LogP contribution in [0.2, 0.25) is 0 Å². The molecule has 1 heterocycles. The maximum absolute atomic E-state index is 3.52. The van der Waals surface area contributed by atoms with Gasteiger partial charge < -0.3 is 10.2 Å². The van der Waals surface area contributed by atoms with Gasteiger partial charge in [0.25, 0.3) is 0 Å². The molecular weight excluding hydrogens is 220 g/mol. The Hall–Kier alpha value is -1.02. The molecule has 2 nitrogen and oxygen atoms in total. The second kappa shape index (κ2) is 5.31. The Bertz CT molecular complexity index is 396. The van der Waals surface area contributed by atoms with Gasteiger partial charge in [0.2, 0.25) is 0 Å². The summed E-state index contributed by atoms with van der Waals surface area (Å²) in [5.41, 5.74) is 2.88. The highest BCUT2D eigenvalue weighted by Gasteiger charge is 2.24. The molecular formula is C16H24N2. The lowest BCUT2D eigenvalue weighted by Gasteiger charge is -2.25. The fourth-order valence-corrected chi connectivity index (χ4v) is 3.50. The van der Waals surface area contributed by atoms with Gasteiger partial charge in [0.15, 0.2) is 0 Å². The van der Waals surface area contributed by atoms with Gasteiger partial charge in [-0.1, -0.05) is 31.0 Å². The third-order valence-corrected chi connectivity index (χ3v) is 4.72. The van der Waals surface area contributed by atoms with E-state index < -0.39 is 0 Å². The minimum Gasteiger partial charge on any atom is -0.384 e. The first kappa shape index (κ1) is 12.0. The van der Waals surface area contributed by atoms with Crippen LogP contribution in [0.1, 0.15) is 43.6 Å². The molecule has 1 fully saturated rings. The summed E-state index contributed by atoms with van der Waals surface area (Å²) >= 11 is 0. The Balaban J connectivity index is 1.55. The summed E-state index contributed by atoms with van der Waals surface area (Å²) in [6, 6.07) is 9.64. The van der Waals surface area contributed by atoms with Gasteiger partial charge in [-0.25, -0.2) is 0 Å². The molecule has 0 saturated heterocycles. The van der Waals surface area contributed by atoms with Gasteiger partial charge in [-0.15, -0.1) is 0 Å². The van der Waals surface area contributed by atoms with E-state index in [0.29, 0.717) is 5.92 Å². The maximum atomic E-state index is 3.52. The number of rotatable bonds is 4. The maximum Gasteiger partial charge on any atom is 0.0376 e. The average molecular weight is 244 g/mol. The van der Waals surface area contributed by atoms with E-state index >= 15 is 0 Å². The van der Waals surface area contributed by atoms with E-state index in [4.69, 9.17) is 0 Å². The van der Waals surface area contributed by atoms with E-state index in [9.17, 15) is 0 Å². The van der Waals surface area contributed by atoms with E-state index in [-0.39, 0.29) is 0 Å². The molecule has 2 heteroatoms.